The highest BCUT2D eigenvalue weighted by atomic mass is 32.1. The molecule has 1 heterocycles. The van der Waals surface area contributed by atoms with E-state index in [0.717, 1.165) is 23.7 Å². The van der Waals surface area contributed by atoms with Gasteiger partial charge in [-0.15, -0.1) is 11.3 Å². The van der Waals surface area contributed by atoms with Gasteiger partial charge >= 0.3 is 0 Å². The fourth-order valence-corrected chi connectivity index (χ4v) is 2.82. The van der Waals surface area contributed by atoms with E-state index in [1.54, 1.807) is 23.5 Å². The second kappa shape index (κ2) is 6.58. The van der Waals surface area contributed by atoms with Crippen molar-refractivity contribution in [3.05, 3.63) is 56.0 Å². The van der Waals surface area contributed by atoms with Crippen LogP contribution in [-0.2, 0) is 6.42 Å². The molecule has 0 saturated carbocycles. The molecule has 0 fully saturated rings. The zero-order valence-electron chi connectivity index (χ0n) is 11.5. The highest BCUT2D eigenvalue weighted by Gasteiger charge is 2.17. The summed E-state index contributed by atoms with van der Waals surface area (Å²) >= 11 is 1.65. The fraction of sp³-hybridized carbons (Fsp3) is 0.357. The van der Waals surface area contributed by atoms with Crippen LogP contribution in [0.2, 0.25) is 0 Å². The Kier molecular flexibility index (Phi) is 4.81. The molecule has 2 aromatic rings. The number of hydrogen-bond acceptors (Lipinski definition) is 5. The maximum absolute atomic E-state index is 11.0. The van der Waals surface area contributed by atoms with Crippen molar-refractivity contribution in [2.75, 3.05) is 6.54 Å². The van der Waals surface area contributed by atoms with Crippen LogP contribution in [0.4, 0.5) is 5.69 Å². The Hall–Kier alpha value is -1.79. The van der Waals surface area contributed by atoms with E-state index in [0.29, 0.717) is 5.56 Å². The molecule has 1 atom stereocenters. The Morgan fingerprint density at radius 2 is 2.20 bits per heavy atom. The fourth-order valence-electron chi connectivity index (χ4n) is 2.04. The van der Waals surface area contributed by atoms with E-state index in [2.05, 4.69) is 10.3 Å². The normalized spacial score (nSPS) is 12.3. The average molecular weight is 291 g/mol. The van der Waals surface area contributed by atoms with Crippen molar-refractivity contribution in [3.63, 3.8) is 0 Å². The standard InChI is InChI=1S/C14H17N3O2S/c1-10-9-20-14(16-10)7-8-15-11(2)12-5-3-4-6-13(12)17(18)19/h3-6,9,11,15H,7-8H2,1-2H3. The van der Waals surface area contributed by atoms with Crippen LogP contribution in [0.3, 0.4) is 0 Å². The number of para-hydroxylation sites is 1. The number of rotatable bonds is 6. The van der Waals surface area contributed by atoms with Gasteiger partial charge in [0, 0.05) is 41.7 Å². The van der Waals surface area contributed by atoms with Crippen LogP contribution in [0.1, 0.15) is 29.2 Å². The molecule has 0 aliphatic heterocycles. The van der Waals surface area contributed by atoms with Gasteiger partial charge in [-0.25, -0.2) is 4.98 Å². The van der Waals surface area contributed by atoms with Gasteiger partial charge in [-0.3, -0.25) is 10.1 Å². The van der Waals surface area contributed by atoms with Gasteiger partial charge < -0.3 is 5.32 Å². The van der Waals surface area contributed by atoms with E-state index in [-0.39, 0.29) is 16.7 Å². The van der Waals surface area contributed by atoms with E-state index in [1.807, 2.05) is 25.3 Å². The third-order valence-electron chi connectivity index (χ3n) is 3.06. The van der Waals surface area contributed by atoms with E-state index in [1.165, 1.54) is 6.07 Å². The Labute approximate surface area is 121 Å². The number of benzene rings is 1. The molecular weight excluding hydrogens is 274 g/mol. The molecule has 1 N–H and O–H groups in total. The van der Waals surface area contributed by atoms with E-state index < -0.39 is 0 Å². The van der Waals surface area contributed by atoms with Gasteiger partial charge in [0.25, 0.3) is 5.69 Å². The summed E-state index contributed by atoms with van der Waals surface area (Å²) in [4.78, 5) is 15.1. The van der Waals surface area contributed by atoms with Crippen molar-refractivity contribution in [2.24, 2.45) is 0 Å². The first-order valence-corrected chi connectivity index (χ1v) is 7.33. The second-order valence-corrected chi connectivity index (χ2v) is 5.57. The zero-order chi connectivity index (χ0) is 14.5. The molecule has 20 heavy (non-hydrogen) atoms. The zero-order valence-corrected chi connectivity index (χ0v) is 12.3. The van der Waals surface area contributed by atoms with Gasteiger partial charge in [-0.2, -0.15) is 0 Å². The van der Waals surface area contributed by atoms with Crippen molar-refractivity contribution in [1.82, 2.24) is 10.3 Å². The van der Waals surface area contributed by atoms with Crippen LogP contribution >= 0.6 is 11.3 Å². The number of thiazole rings is 1. The summed E-state index contributed by atoms with van der Waals surface area (Å²) in [6.45, 7) is 4.67. The highest BCUT2D eigenvalue weighted by Crippen LogP contribution is 2.24. The summed E-state index contributed by atoms with van der Waals surface area (Å²) in [5, 5.41) is 17.4. The molecule has 0 bridgehead atoms. The van der Waals surface area contributed by atoms with Crippen molar-refractivity contribution in [3.8, 4) is 0 Å². The van der Waals surface area contributed by atoms with Gasteiger partial charge in [0.15, 0.2) is 0 Å². The topological polar surface area (TPSA) is 68.1 Å². The Bertz CT molecular complexity index is 598. The summed E-state index contributed by atoms with van der Waals surface area (Å²) in [7, 11) is 0. The lowest BCUT2D eigenvalue weighted by Crippen LogP contribution is -2.22. The quantitative estimate of drug-likeness (QED) is 0.655. The maximum atomic E-state index is 11.0. The van der Waals surface area contributed by atoms with Crippen molar-refractivity contribution < 1.29 is 4.92 Å². The average Bonchev–Trinajstić information content (AvgIpc) is 2.84. The second-order valence-electron chi connectivity index (χ2n) is 4.62. The van der Waals surface area contributed by atoms with Crippen LogP contribution in [0.25, 0.3) is 0 Å². The summed E-state index contributed by atoms with van der Waals surface area (Å²) in [6.07, 6.45) is 0.837. The summed E-state index contributed by atoms with van der Waals surface area (Å²) in [6, 6.07) is 6.79. The monoisotopic (exact) mass is 291 g/mol. The van der Waals surface area contributed by atoms with Crippen molar-refractivity contribution in [1.29, 1.82) is 0 Å². The summed E-state index contributed by atoms with van der Waals surface area (Å²) < 4.78 is 0. The Morgan fingerprint density at radius 1 is 1.45 bits per heavy atom. The number of hydrogen-bond donors (Lipinski definition) is 1. The lowest BCUT2D eigenvalue weighted by Gasteiger charge is -2.13. The third-order valence-corrected chi connectivity index (χ3v) is 4.08. The molecule has 0 aliphatic rings. The number of nitro groups is 1. The molecule has 0 amide bonds. The van der Waals surface area contributed by atoms with Gasteiger partial charge in [0.2, 0.25) is 0 Å². The number of nitrogens with one attached hydrogen (secondary N) is 1. The summed E-state index contributed by atoms with van der Waals surface area (Å²) in [5.41, 5.74) is 1.92. The van der Waals surface area contributed by atoms with E-state index >= 15 is 0 Å². The van der Waals surface area contributed by atoms with Crippen molar-refractivity contribution >= 4 is 17.0 Å². The van der Waals surface area contributed by atoms with Gasteiger partial charge in [-0.05, 0) is 13.8 Å². The molecule has 0 spiro atoms. The van der Waals surface area contributed by atoms with Gasteiger partial charge in [-0.1, -0.05) is 18.2 Å². The SMILES string of the molecule is Cc1csc(CCNC(C)c2ccccc2[N+](=O)[O-])n1. The van der Waals surface area contributed by atoms with Crippen LogP contribution in [-0.4, -0.2) is 16.5 Å². The molecule has 0 aliphatic carbocycles. The molecule has 5 nitrogen and oxygen atoms in total. The van der Waals surface area contributed by atoms with Crippen molar-refractivity contribution in [2.45, 2.75) is 26.3 Å². The molecule has 6 heteroatoms. The predicted octanol–water partition coefficient (Wildman–Crippen LogP) is 3.25. The molecule has 2 rings (SSSR count). The lowest BCUT2D eigenvalue weighted by atomic mass is 10.1. The largest absolute Gasteiger partial charge is 0.310 e. The first-order chi connectivity index (χ1) is 9.58. The minimum absolute atomic E-state index is 0.0577. The van der Waals surface area contributed by atoms with Crippen LogP contribution in [0.5, 0.6) is 0 Å². The Balaban J connectivity index is 1.95. The van der Waals surface area contributed by atoms with Crippen LogP contribution < -0.4 is 5.32 Å². The van der Waals surface area contributed by atoms with Gasteiger partial charge in [0.1, 0.15) is 0 Å². The molecule has 0 radical (unpaired) electrons. The Morgan fingerprint density at radius 3 is 2.85 bits per heavy atom. The van der Waals surface area contributed by atoms with E-state index in [9.17, 15) is 10.1 Å². The molecule has 0 saturated heterocycles. The molecule has 1 aromatic carbocycles. The van der Waals surface area contributed by atoms with Gasteiger partial charge in [0.05, 0.1) is 9.93 Å². The maximum Gasteiger partial charge on any atom is 0.274 e. The molecule has 1 unspecified atom stereocenters. The van der Waals surface area contributed by atoms with Crippen LogP contribution in [0.15, 0.2) is 29.6 Å². The van der Waals surface area contributed by atoms with E-state index in [4.69, 9.17) is 0 Å². The third kappa shape index (κ3) is 3.61. The molecule has 106 valence electrons. The predicted molar refractivity (Wildman–Crippen MR) is 80.1 cm³/mol. The molecule has 1 aromatic heterocycles. The number of nitrogens with zero attached hydrogens (tertiary/aromatic N) is 2. The van der Waals surface area contributed by atoms with Crippen LogP contribution in [0, 0.1) is 17.0 Å². The number of aromatic nitrogens is 1. The first-order valence-electron chi connectivity index (χ1n) is 6.45. The number of nitro benzene ring substituents is 1. The first kappa shape index (κ1) is 14.6. The minimum Gasteiger partial charge on any atom is -0.310 e. The molecular formula is C14H17N3O2S. The lowest BCUT2D eigenvalue weighted by molar-refractivity contribution is -0.385. The number of aryl methyl sites for hydroxylation is 1. The highest BCUT2D eigenvalue weighted by molar-refractivity contribution is 7.09. The summed E-state index contributed by atoms with van der Waals surface area (Å²) in [5.74, 6) is 0. The smallest absolute Gasteiger partial charge is 0.274 e. The minimum atomic E-state index is -0.336.